The zero-order valence-electron chi connectivity index (χ0n) is 14.5. The first kappa shape index (κ1) is 19.0. The van der Waals surface area contributed by atoms with Crippen molar-refractivity contribution >= 4 is 5.91 Å². The average molecular weight is 355 g/mol. The summed E-state index contributed by atoms with van der Waals surface area (Å²) in [5, 5.41) is 3.35. The number of halogens is 3. The number of rotatable bonds is 5. The average Bonchev–Trinajstić information content (AvgIpc) is 3.02. The molecule has 1 amide bonds. The van der Waals surface area contributed by atoms with E-state index in [9.17, 15) is 18.0 Å². The molecule has 2 aromatic rings. The molecule has 0 aliphatic heterocycles. The first-order valence-electron chi connectivity index (χ1n) is 7.90. The maximum Gasteiger partial charge on any atom is 0.471 e. The molecule has 0 N–H and O–H groups in total. The van der Waals surface area contributed by atoms with Crippen LogP contribution in [0.15, 0.2) is 28.8 Å². The van der Waals surface area contributed by atoms with Crippen LogP contribution < -0.4 is 0 Å². The van der Waals surface area contributed by atoms with E-state index >= 15 is 0 Å². The second-order valence-electron chi connectivity index (χ2n) is 6.33. The summed E-state index contributed by atoms with van der Waals surface area (Å²) >= 11 is 0. The van der Waals surface area contributed by atoms with Crippen molar-refractivity contribution in [3.05, 3.63) is 35.7 Å². The van der Waals surface area contributed by atoms with Crippen molar-refractivity contribution < 1.29 is 22.5 Å². The summed E-state index contributed by atoms with van der Waals surface area (Å²) in [4.78, 5) is 17.4. The molecule has 136 valence electrons. The molecule has 0 atom stereocenters. The Kier molecular flexibility index (Phi) is 5.49. The molecular formula is C17H20F3N3O2. The molecule has 0 saturated carbocycles. The van der Waals surface area contributed by atoms with Crippen molar-refractivity contribution in [2.24, 2.45) is 5.92 Å². The van der Waals surface area contributed by atoms with E-state index in [0.717, 1.165) is 5.56 Å². The van der Waals surface area contributed by atoms with Crippen LogP contribution in [0.4, 0.5) is 13.2 Å². The molecule has 0 spiro atoms. The van der Waals surface area contributed by atoms with E-state index in [1.807, 2.05) is 27.7 Å². The third-order valence-corrected chi connectivity index (χ3v) is 3.63. The molecule has 0 saturated heterocycles. The van der Waals surface area contributed by atoms with Gasteiger partial charge in [-0.15, -0.1) is 0 Å². The highest BCUT2D eigenvalue weighted by Gasteiger charge is 2.38. The third-order valence-electron chi connectivity index (χ3n) is 3.63. The summed E-state index contributed by atoms with van der Waals surface area (Å²) in [5.41, 5.74) is 1.28. The molecule has 1 aromatic carbocycles. The van der Waals surface area contributed by atoms with Crippen molar-refractivity contribution in [3.63, 3.8) is 0 Å². The van der Waals surface area contributed by atoms with Gasteiger partial charge in [-0.25, -0.2) is 0 Å². The minimum Gasteiger partial charge on any atom is -0.336 e. The minimum absolute atomic E-state index is 0.0427. The Bertz CT molecular complexity index is 721. The zero-order valence-corrected chi connectivity index (χ0v) is 14.5. The normalized spacial score (nSPS) is 12.0. The fraction of sp³-hybridized carbons (Fsp3) is 0.471. The number of carbonyl (C=O) groups excluding carboxylic acids is 1. The van der Waals surface area contributed by atoms with Gasteiger partial charge in [-0.3, -0.25) is 4.79 Å². The van der Waals surface area contributed by atoms with Gasteiger partial charge in [-0.2, -0.15) is 18.2 Å². The highest BCUT2D eigenvalue weighted by molar-refractivity contribution is 5.78. The zero-order chi connectivity index (χ0) is 18.8. The van der Waals surface area contributed by atoms with Crippen molar-refractivity contribution in [1.29, 1.82) is 0 Å². The summed E-state index contributed by atoms with van der Waals surface area (Å²) in [6.45, 7) is 7.98. The summed E-state index contributed by atoms with van der Waals surface area (Å²) in [6.07, 6.45) is -4.67. The molecule has 0 radical (unpaired) electrons. The summed E-state index contributed by atoms with van der Waals surface area (Å²) < 4.78 is 41.8. The topological polar surface area (TPSA) is 59.2 Å². The Balaban J connectivity index is 2.16. The number of amides is 1. The lowest BCUT2D eigenvalue weighted by atomic mass is 10.1. The first-order chi connectivity index (χ1) is 11.6. The monoisotopic (exact) mass is 355 g/mol. The molecule has 8 heteroatoms. The van der Waals surface area contributed by atoms with Crippen LogP contribution in [0.5, 0.6) is 0 Å². The van der Waals surface area contributed by atoms with Crippen LogP contribution in [-0.2, 0) is 17.5 Å². The molecule has 2 rings (SSSR count). The minimum atomic E-state index is -4.67. The van der Waals surface area contributed by atoms with Gasteiger partial charge in [0.25, 0.3) is 0 Å². The van der Waals surface area contributed by atoms with E-state index in [2.05, 4.69) is 14.7 Å². The van der Waals surface area contributed by atoms with Crippen LogP contribution in [0.1, 0.15) is 39.1 Å². The van der Waals surface area contributed by atoms with E-state index in [4.69, 9.17) is 0 Å². The number of hydrogen-bond donors (Lipinski definition) is 0. The van der Waals surface area contributed by atoms with Gasteiger partial charge in [-0.05, 0) is 19.4 Å². The lowest BCUT2D eigenvalue weighted by molar-refractivity contribution is -0.159. The van der Waals surface area contributed by atoms with Gasteiger partial charge < -0.3 is 9.42 Å². The summed E-state index contributed by atoms with van der Waals surface area (Å²) in [7, 11) is 0. The number of nitrogens with zero attached hydrogens (tertiary/aromatic N) is 3. The predicted octanol–water partition coefficient (Wildman–Crippen LogP) is 4.15. The molecule has 1 heterocycles. The van der Waals surface area contributed by atoms with Crippen LogP contribution >= 0.6 is 0 Å². The smallest absolute Gasteiger partial charge is 0.336 e. The SMILES string of the molecule is CC(C)C(=O)N(Cc1ccc(-c2noc(C(F)(F)F)n2)cc1)C(C)C. The molecule has 25 heavy (non-hydrogen) atoms. The predicted molar refractivity (Wildman–Crippen MR) is 85.3 cm³/mol. The van der Waals surface area contributed by atoms with E-state index in [1.54, 1.807) is 29.2 Å². The van der Waals surface area contributed by atoms with Gasteiger partial charge in [0.1, 0.15) is 0 Å². The summed E-state index contributed by atoms with van der Waals surface area (Å²) in [5.74, 6) is -1.56. The van der Waals surface area contributed by atoms with Gasteiger partial charge in [0.15, 0.2) is 0 Å². The van der Waals surface area contributed by atoms with E-state index < -0.39 is 12.1 Å². The van der Waals surface area contributed by atoms with Crippen molar-refractivity contribution in [2.45, 2.75) is 46.5 Å². The Morgan fingerprint density at radius 3 is 2.20 bits per heavy atom. The molecule has 0 aliphatic carbocycles. The molecule has 0 aliphatic rings. The lowest BCUT2D eigenvalue weighted by Gasteiger charge is -2.28. The molecule has 1 aromatic heterocycles. The number of aromatic nitrogens is 2. The van der Waals surface area contributed by atoms with Gasteiger partial charge in [0.2, 0.25) is 11.7 Å². The van der Waals surface area contributed by atoms with Gasteiger partial charge in [0.05, 0.1) is 0 Å². The largest absolute Gasteiger partial charge is 0.471 e. The number of carbonyl (C=O) groups is 1. The van der Waals surface area contributed by atoms with E-state index in [-0.39, 0.29) is 23.7 Å². The Morgan fingerprint density at radius 2 is 1.76 bits per heavy atom. The second kappa shape index (κ2) is 7.25. The lowest BCUT2D eigenvalue weighted by Crippen LogP contribution is -2.38. The van der Waals surface area contributed by atoms with Gasteiger partial charge >= 0.3 is 12.1 Å². The maximum atomic E-state index is 12.5. The standard InChI is InChI=1S/C17H20F3N3O2/c1-10(2)15(24)23(11(3)4)9-12-5-7-13(8-6-12)14-21-16(25-22-14)17(18,19)20/h5-8,10-11H,9H2,1-4H3. The molecule has 5 nitrogen and oxygen atoms in total. The van der Waals surface area contributed by atoms with Crippen LogP contribution in [0.3, 0.4) is 0 Å². The Labute approximate surface area is 143 Å². The van der Waals surface area contributed by atoms with Crippen LogP contribution in [0.2, 0.25) is 0 Å². The number of hydrogen-bond acceptors (Lipinski definition) is 4. The quantitative estimate of drug-likeness (QED) is 0.808. The highest BCUT2D eigenvalue weighted by Crippen LogP contribution is 2.29. The second-order valence-corrected chi connectivity index (χ2v) is 6.33. The molecule has 0 fully saturated rings. The fourth-order valence-corrected chi connectivity index (χ4v) is 2.26. The van der Waals surface area contributed by atoms with Gasteiger partial charge in [-0.1, -0.05) is 43.3 Å². The van der Waals surface area contributed by atoms with E-state index in [0.29, 0.717) is 12.1 Å². The third kappa shape index (κ3) is 4.58. The van der Waals surface area contributed by atoms with Crippen molar-refractivity contribution in [1.82, 2.24) is 15.0 Å². The van der Waals surface area contributed by atoms with Gasteiger partial charge in [0, 0.05) is 24.1 Å². The summed E-state index contributed by atoms with van der Waals surface area (Å²) in [6, 6.07) is 6.74. The maximum absolute atomic E-state index is 12.5. The number of alkyl halides is 3. The molecule has 0 bridgehead atoms. The Morgan fingerprint density at radius 1 is 1.16 bits per heavy atom. The molecule has 0 unspecified atom stereocenters. The van der Waals surface area contributed by atoms with Crippen LogP contribution in [0.25, 0.3) is 11.4 Å². The van der Waals surface area contributed by atoms with E-state index in [1.165, 1.54) is 0 Å². The van der Waals surface area contributed by atoms with Crippen LogP contribution in [-0.4, -0.2) is 27.0 Å². The Hall–Kier alpha value is -2.38. The fourth-order valence-electron chi connectivity index (χ4n) is 2.26. The van der Waals surface area contributed by atoms with Crippen molar-refractivity contribution in [3.8, 4) is 11.4 Å². The molecular weight excluding hydrogens is 335 g/mol. The van der Waals surface area contributed by atoms with Crippen LogP contribution in [0, 0.1) is 5.92 Å². The van der Waals surface area contributed by atoms with Crippen molar-refractivity contribution in [2.75, 3.05) is 0 Å². The number of benzene rings is 1. The first-order valence-corrected chi connectivity index (χ1v) is 7.90. The highest BCUT2D eigenvalue weighted by atomic mass is 19.4.